The maximum absolute atomic E-state index is 11.3. The molecule has 0 unspecified atom stereocenters. The fourth-order valence-corrected chi connectivity index (χ4v) is 4.32. The molecule has 0 atom stereocenters. The van der Waals surface area contributed by atoms with Gasteiger partial charge in [0.25, 0.3) is 0 Å². The second-order valence-corrected chi connectivity index (χ2v) is 6.93. The zero-order chi connectivity index (χ0) is 15.8. The van der Waals surface area contributed by atoms with Crippen LogP contribution in [-0.4, -0.2) is 16.1 Å². The van der Waals surface area contributed by atoms with Crippen molar-refractivity contribution in [2.75, 3.05) is 0 Å². The summed E-state index contributed by atoms with van der Waals surface area (Å²) in [4.78, 5) is 15.1. The minimum absolute atomic E-state index is 0.392. The van der Waals surface area contributed by atoms with Gasteiger partial charge in [-0.1, -0.05) is 36.4 Å². The highest BCUT2D eigenvalue weighted by Gasteiger charge is 2.21. The Kier molecular flexibility index (Phi) is 3.54. The Bertz CT molecular complexity index is 902. The highest BCUT2D eigenvalue weighted by atomic mass is 32.1. The van der Waals surface area contributed by atoms with E-state index in [1.54, 1.807) is 6.07 Å². The zero-order valence-electron chi connectivity index (χ0n) is 12.6. The second kappa shape index (κ2) is 5.70. The normalized spacial score (nSPS) is 14.9. The summed E-state index contributed by atoms with van der Waals surface area (Å²) in [6.07, 6.45) is 6.92. The maximum Gasteiger partial charge on any atom is 0.345 e. The van der Waals surface area contributed by atoms with Gasteiger partial charge in [-0.3, -0.25) is 0 Å². The summed E-state index contributed by atoms with van der Waals surface area (Å²) >= 11 is 1.37. The highest BCUT2D eigenvalue weighted by molar-refractivity contribution is 7.21. The first-order chi connectivity index (χ1) is 11.2. The molecule has 0 radical (unpaired) electrons. The Morgan fingerprint density at radius 3 is 2.70 bits per heavy atom. The number of hydrogen-bond acceptors (Lipinski definition) is 2. The van der Waals surface area contributed by atoms with E-state index in [4.69, 9.17) is 0 Å². The fraction of sp³-hybridized carbons (Fsp3) is 0.211. The highest BCUT2D eigenvalue weighted by Crippen LogP contribution is 2.42. The molecule has 4 heteroatoms. The molecule has 2 N–H and O–H groups in total. The number of aromatic nitrogens is 1. The monoisotopic (exact) mass is 323 g/mol. The van der Waals surface area contributed by atoms with Crippen LogP contribution in [0.3, 0.4) is 0 Å². The first-order valence-electron chi connectivity index (χ1n) is 7.87. The van der Waals surface area contributed by atoms with Gasteiger partial charge in [0.2, 0.25) is 0 Å². The van der Waals surface area contributed by atoms with Crippen molar-refractivity contribution in [2.24, 2.45) is 0 Å². The number of hydrogen-bond donors (Lipinski definition) is 2. The largest absolute Gasteiger partial charge is 0.477 e. The van der Waals surface area contributed by atoms with Crippen LogP contribution in [0.15, 0.2) is 42.5 Å². The van der Waals surface area contributed by atoms with Crippen LogP contribution >= 0.6 is 11.3 Å². The molecule has 0 spiro atoms. The van der Waals surface area contributed by atoms with Gasteiger partial charge in [0.1, 0.15) is 4.88 Å². The Labute approximate surface area is 138 Å². The molecule has 0 bridgehead atoms. The average molecular weight is 323 g/mol. The number of carboxylic acid groups (broad SMARTS) is 1. The molecule has 0 saturated carbocycles. The van der Waals surface area contributed by atoms with E-state index in [-0.39, 0.29) is 0 Å². The number of benzene rings is 1. The molecular formula is C19H17NO2S. The van der Waals surface area contributed by atoms with E-state index in [1.165, 1.54) is 35.3 Å². The first kappa shape index (κ1) is 14.3. The number of carboxylic acids is 1. The van der Waals surface area contributed by atoms with E-state index >= 15 is 0 Å². The molecule has 23 heavy (non-hydrogen) atoms. The summed E-state index contributed by atoms with van der Waals surface area (Å²) in [5.74, 6) is -0.857. The number of allylic oxidation sites excluding steroid dienone is 2. The van der Waals surface area contributed by atoms with E-state index in [0.29, 0.717) is 4.88 Å². The van der Waals surface area contributed by atoms with Gasteiger partial charge in [-0.25, -0.2) is 4.79 Å². The summed E-state index contributed by atoms with van der Waals surface area (Å²) in [5.41, 5.74) is 5.72. The van der Waals surface area contributed by atoms with Crippen LogP contribution < -0.4 is 0 Å². The molecule has 1 aliphatic carbocycles. The van der Waals surface area contributed by atoms with E-state index < -0.39 is 5.97 Å². The van der Waals surface area contributed by atoms with E-state index in [2.05, 4.69) is 23.2 Å². The number of aromatic carboxylic acids is 1. The fourth-order valence-electron chi connectivity index (χ4n) is 3.28. The molecule has 3 aromatic rings. The van der Waals surface area contributed by atoms with Crippen molar-refractivity contribution < 1.29 is 9.90 Å². The van der Waals surface area contributed by atoms with Gasteiger partial charge in [-0.15, -0.1) is 11.3 Å². The van der Waals surface area contributed by atoms with Crippen molar-refractivity contribution in [2.45, 2.75) is 25.7 Å². The molecule has 0 aliphatic heterocycles. The predicted molar refractivity (Wildman–Crippen MR) is 95.0 cm³/mol. The number of H-pyrrole nitrogens is 1. The Morgan fingerprint density at radius 1 is 1.17 bits per heavy atom. The van der Waals surface area contributed by atoms with E-state index in [9.17, 15) is 9.90 Å². The molecule has 1 aromatic carbocycles. The number of thiophene rings is 1. The molecule has 0 fully saturated rings. The number of aromatic amines is 1. The van der Waals surface area contributed by atoms with Crippen LogP contribution in [0.25, 0.3) is 27.0 Å². The standard InChI is InChI=1S/C19H17NO2S/c21-19(22)15-11-14-18(23-15)16(12-7-3-1-4-8-12)17(20-14)13-9-5-2-6-10-13/h2,5-7,9-11,20H,1,3-4,8H2,(H,21,22). The van der Waals surface area contributed by atoms with Gasteiger partial charge >= 0.3 is 5.97 Å². The lowest BCUT2D eigenvalue weighted by Crippen LogP contribution is -1.93. The van der Waals surface area contributed by atoms with Crippen LogP contribution in [-0.2, 0) is 0 Å². The lowest BCUT2D eigenvalue weighted by molar-refractivity contribution is 0.0702. The Hall–Kier alpha value is -2.33. The van der Waals surface area contributed by atoms with Crippen molar-refractivity contribution in [1.82, 2.24) is 4.98 Å². The Balaban J connectivity index is 1.97. The summed E-state index contributed by atoms with van der Waals surface area (Å²) in [6, 6.07) is 12.0. The molecule has 116 valence electrons. The van der Waals surface area contributed by atoms with Gasteiger partial charge in [-0.05, 0) is 42.9 Å². The molecule has 2 aromatic heterocycles. The van der Waals surface area contributed by atoms with Gasteiger partial charge in [-0.2, -0.15) is 0 Å². The smallest absolute Gasteiger partial charge is 0.345 e. The average Bonchev–Trinajstić information content (AvgIpc) is 3.14. The van der Waals surface area contributed by atoms with Crippen molar-refractivity contribution in [3.8, 4) is 11.3 Å². The Morgan fingerprint density at radius 2 is 2.00 bits per heavy atom. The van der Waals surface area contributed by atoms with Crippen molar-refractivity contribution in [3.63, 3.8) is 0 Å². The number of rotatable bonds is 3. The van der Waals surface area contributed by atoms with Crippen LogP contribution in [0.2, 0.25) is 0 Å². The molecule has 4 rings (SSSR count). The van der Waals surface area contributed by atoms with Gasteiger partial charge < -0.3 is 10.1 Å². The third-order valence-corrected chi connectivity index (χ3v) is 5.49. The number of fused-ring (bicyclic) bond motifs is 1. The van der Waals surface area contributed by atoms with Crippen LogP contribution in [0.1, 0.15) is 40.9 Å². The lowest BCUT2D eigenvalue weighted by Gasteiger charge is -2.14. The molecular weight excluding hydrogens is 306 g/mol. The summed E-state index contributed by atoms with van der Waals surface area (Å²) in [5, 5.41) is 9.27. The van der Waals surface area contributed by atoms with Crippen LogP contribution in [0.4, 0.5) is 0 Å². The maximum atomic E-state index is 11.3. The van der Waals surface area contributed by atoms with E-state index in [1.807, 2.05) is 18.2 Å². The summed E-state index contributed by atoms with van der Waals surface area (Å²) < 4.78 is 1.06. The SMILES string of the molecule is O=C(O)c1cc2[nH]c(-c3ccccc3)c(C3=CCCCC3)c2s1. The molecule has 3 nitrogen and oxygen atoms in total. The van der Waals surface area contributed by atoms with Crippen molar-refractivity contribution >= 4 is 33.1 Å². The summed E-state index contributed by atoms with van der Waals surface area (Å²) in [6.45, 7) is 0. The molecule has 1 aliphatic rings. The summed E-state index contributed by atoms with van der Waals surface area (Å²) in [7, 11) is 0. The topological polar surface area (TPSA) is 53.1 Å². The van der Waals surface area contributed by atoms with Crippen molar-refractivity contribution in [3.05, 3.63) is 52.9 Å². The van der Waals surface area contributed by atoms with Gasteiger partial charge in [0.15, 0.2) is 0 Å². The third kappa shape index (κ3) is 2.49. The predicted octanol–water partition coefficient (Wildman–Crippen LogP) is 5.55. The third-order valence-electron chi connectivity index (χ3n) is 4.35. The second-order valence-electron chi connectivity index (χ2n) is 5.87. The minimum Gasteiger partial charge on any atom is -0.477 e. The molecule has 0 amide bonds. The van der Waals surface area contributed by atoms with Crippen molar-refractivity contribution in [1.29, 1.82) is 0 Å². The number of nitrogens with one attached hydrogen (secondary N) is 1. The van der Waals surface area contributed by atoms with E-state index in [0.717, 1.165) is 34.3 Å². The van der Waals surface area contributed by atoms with Crippen LogP contribution in [0, 0.1) is 0 Å². The van der Waals surface area contributed by atoms with Gasteiger partial charge in [0.05, 0.1) is 15.9 Å². The molecule has 0 saturated heterocycles. The lowest BCUT2D eigenvalue weighted by atomic mass is 9.92. The zero-order valence-corrected chi connectivity index (χ0v) is 13.5. The number of carbonyl (C=O) groups is 1. The minimum atomic E-state index is -0.857. The first-order valence-corrected chi connectivity index (χ1v) is 8.69. The van der Waals surface area contributed by atoms with Crippen LogP contribution in [0.5, 0.6) is 0 Å². The van der Waals surface area contributed by atoms with Gasteiger partial charge in [0, 0.05) is 5.56 Å². The molecule has 2 heterocycles. The quantitative estimate of drug-likeness (QED) is 0.663.